The number of hydrogen-bond donors (Lipinski definition) is 0. The molecule has 0 spiro atoms. The van der Waals surface area contributed by atoms with Gasteiger partial charge in [-0.3, -0.25) is 14.5 Å². The number of thioether (sulfide) groups is 1. The highest BCUT2D eigenvalue weighted by Crippen LogP contribution is 2.28. The molecule has 0 N–H and O–H groups in total. The number of anilines is 1. The van der Waals surface area contributed by atoms with Gasteiger partial charge >= 0.3 is 0 Å². The lowest BCUT2D eigenvalue weighted by atomic mass is 10.1. The summed E-state index contributed by atoms with van der Waals surface area (Å²) in [6.45, 7) is 1.90. The van der Waals surface area contributed by atoms with Crippen LogP contribution in [0.1, 0.15) is 13.3 Å². The van der Waals surface area contributed by atoms with E-state index in [1.54, 1.807) is 0 Å². The first-order valence-electron chi connectivity index (χ1n) is 5.72. The Hall–Kier alpha value is -0.950. The number of carbonyl (C=O) groups excluding carboxylic acids is 2. The van der Waals surface area contributed by atoms with Crippen LogP contribution < -0.4 is 4.90 Å². The Morgan fingerprint density at radius 3 is 3.05 bits per heavy atom. The van der Waals surface area contributed by atoms with Crippen LogP contribution in [0.4, 0.5) is 10.2 Å². The third-order valence-corrected chi connectivity index (χ3v) is 4.25. The molecule has 0 aromatic carbocycles. The van der Waals surface area contributed by atoms with Gasteiger partial charge in [-0.25, -0.2) is 9.37 Å². The minimum absolute atomic E-state index is 0.0267. The Labute approximate surface area is 122 Å². The van der Waals surface area contributed by atoms with Crippen molar-refractivity contribution in [3.8, 4) is 0 Å². The highest BCUT2D eigenvalue weighted by molar-refractivity contribution is 9.10. The Kier molecular flexibility index (Phi) is 4.57. The first-order valence-corrected chi connectivity index (χ1v) is 7.50. The van der Waals surface area contributed by atoms with E-state index in [1.165, 1.54) is 35.8 Å². The predicted molar refractivity (Wildman–Crippen MR) is 75.5 cm³/mol. The van der Waals surface area contributed by atoms with E-state index in [9.17, 15) is 14.0 Å². The van der Waals surface area contributed by atoms with Crippen molar-refractivity contribution in [2.24, 2.45) is 5.92 Å². The van der Waals surface area contributed by atoms with Crippen molar-refractivity contribution < 1.29 is 14.0 Å². The fourth-order valence-corrected chi connectivity index (χ4v) is 2.94. The van der Waals surface area contributed by atoms with Gasteiger partial charge in [0.25, 0.3) is 0 Å². The monoisotopic (exact) mass is 346 g/mol. The third kappa shape index (κ3) is 3.54. The molecule has 1 aromatic heterocycles. The molecule has 2 rings (SSSR count). The van der Waals surface area contributed by atoms with Crippen LogP contribution in [0.15, 0.2) is 16.7 Å². The molecule has 19 heavy (non-hydrogen) atoms. The molecule has 1 aromatic rings. The lowest BCUT2D eigenvalue weighted by Crippen LogP contribution is -2.26. The summed E-state index contributed by atoms with van der Waals surface area (Å²) in [4.78, 5) is 28.1. The summed E-state index contributed by atoms with van der Waals surface area (Å²) in [5, 5.41) is 0.0267. The fourth-order valence-electron chi connectivity index (χ4n) is 1.94. The first-order chi connectivity index (χ1) is 8.97. The largest absolute Gasteiger partial charge is 0.294 e. The predicted octanol–water partition coefficient (Wildman–Crippen LogP) is 2.62. The molecule has 7 heteroatoms. The van der Waals surface area contributed by atoms with Crippen molar-refractivity contribution >= 4 is 44.5 Å². The Morgan fingerprint density at radius 1 is 1.68 bits per heavy atom. The second kappa shape index (κ2) is 6.00. The molecular formula is C12H12BrFN2O2S. The van der Waals surface area contributed by atoms with Crippen molar-refractivity contribution in [2.45, 2.75) is 13.3 Å². The quantitative estimate of drug-likeness (QED) is 0.844. The molecule has 4 nitrogen and oxygen atoms in total. The third-order valence-electron chi connectivity index (χ3n) is 2.77. The van der Waals surface area contributed by atoms with Crippen molar-refractivity contribution in [3.63, 3.8) is 0 Å². The van der Waals surface area contributed by atoms with Crippen LogP contribution >= 0.6 is 27.7 Å². The molecule has 1 fully saturated rings. The number of halogens is 2. The summed E-state index contributed by atoms with van der Waals surface area (Å²) in [6.07, 6.45) is 1.79. The smallest absolute Gasteiger partial charge is 0.228 e. The summed E-state index contributed by atoms with van der Waals surface area (Å²) in [5.41, 5.74) is 0. The van der Waals surface area contributed by atoms with E-state index in [-0.39, 0.29) is 22.8 Å². The molecule has 0 bridgehead atoms. The van der Waals surface area contributed by atoms with Gasteiger partial charge in [-0.05, 0) is 27.9 Å². The summed E-state index contributed by atoms with van der Waals surface area (Å²) < 4.78 is 14.3. The van der Waals surface area contributed by atoms with Gasteiger partial charge in [0.2, 0.25) is 5.91 Å². The van der Waals surface area contributed by atoms with Crippen molar-refractivity contribution in [1.82, 2.24) is 4.98 Å². The number of aromatic nitrogens is 1. The zero-order valence-corrected chi connectivity index (χ0v) is 12.6. The minimum atomic E-state index is -0.525. The summed E-state index contributed by atoms with van der Waals surface area (Å²) in [5.74, 6) is 0.0238. The molecule has 0 radical (unpaired) electrons. The van der Waals surface area contributed by atoms with Gasteiger partial charge in [0.1, 0.15) is 0 Å². The summed E-state index contributed by atoms with van der Waals surface area (Å²) >= 11 is 4.32. The zero-order valence-electron chi connectivity index (χ0n) is 10.2. The van der Waals surface area contributed by atoms with E-state index in [2.05, 4.69) is 20.9 Å². The highest BCUT2D eigenvalue weighted by Gasteiger charge is 2.33. The number of hydrogen-bond acceptors (Lipinski definition) is 4. The number of amides is 1. The maximum atomic E-state index is 13.8. The van der Waals surface area contributed by atoms with Crippen LogP contribution in [0, 0.1) is 11.7 Å². The Balaban J connectivity index is 2.09. The molecule has 0 aliphatic carbocycles. The van der Waals surface area contributed by atoms with Crippen LogP contribution in [0.2, 0.25) is 0 Å². The lowest BCUT2D eigenvalue weighted by Gasteiger charge is -2.16. The first kappa shape index (κ1) is 14.5. The van der Waals surface area contributed by atoms with Gasteiger partial charge in [-0.15, -0.1) is 0 Å². The number of pyridine rings is 1. The Morgan fingerprint density at radius 2 is 2.42 bits per heavy atom. The van der Waals surface area contributed by atoms with Crippen molar-refractivity contribution in [3.05, 3.63) is 22.6 Å². The Bertz CT molecular complexity index is 526. The van der Waals surface area contributed by atoms with Crippen LogP contribution in [0.25, 0.3) is 0 Å². The van der Waals surface area contributed by atoms with Crippen molar-refractivity contribution in [1.29, 1.82) is 0 Å². The lowest BCUT2D eigenvalue weighted by molar-refractivity contribution is -0.117. The van der Waals surface area contributed by atoms with Gasteiger partial charge in [-0.2, -0.15) is 0 Å². The number of rotatable bonds is 3. The van der Waals surface area contributed by atoms with Crippen LogP contribution in [0.5, 0.6) is 0 Å². The summed E-state index contributed by atoms with van der Waals surface area (Å²) in [7, 11) is 0. The summed E-state index contributed by atoms with van der Waals surface area (Å²) in [6, 6.07) is 1.28. The normalized spacial score (nSPS) is 19.0. The van der Waals surface area contributed by atoms with Gasteiger partial charge in [0, 0.05) is 36.3 Å². The minimum Gasteiger partial charge on any atom is -0.294 e. The molecule has 0 saturated carbocycles. The SMILES string of the molecule is CC(=O)SCC1CC(=O)N(c2ncc(Br)cc2F)C1. The number of carbonyl (C=O) groups is 2. The van der Waals surface area contributed by atoms with Gasteiger partial charge in [0.15, 0.2) is 16.8 Å². The van der Waals surface area contributed by atoms with E-state index in [0.29, 0.717) is 23.2 Å². The van der Waals surface area contributed by atoms with E-state index >= 15 is 0 Å². The molecule has 1 aliphatic rings. The maximum absolute atomic E-state index is 13.8. The second-order valence-electron chi connectivity index (χ2n) is 4.34. The standard InChI is InChI=1S/C12H12BrFN2O2S/c1-7(17)19-6-8-2-11(18)16(5-8)12-10(14)3-9(13)4-15-12/h3-4,8H,2,5-6H2,1H3. The zero-order chi connectivity index (χ0) is 14.0. The van der Waals surface area contributed by atoms with E-state index in [1.807, 2.05) is 0 Å². The van der Waals surface area contributed by atoms with Crippen molar-refractivity contribution in [2.75, 3.05) is 17.2 Å². The van der Waals surface area contributed by atoms with E-state index in [0.717, 1.165) is 0 Å². The molecule has 1 atom stereocenters. The van der Waals surface area contributed by atoms with Gasteiger partial charge in [0.05, 0.1) is 0 Å². The molecule has 1 aliphatic heterocycles. The topological polar surface area (TPSA) is 50.3 Å². The van der Waals surface area contributed by atoms with Crippen LogP contribution in [-0.4, -0.2) is 28.3 Å². The second-order valence-corrected chi connectivity index (χ2v) is 6.45. The van der Waals surface area contributed by atoms with Crippen LogP contribution in [-0.2, 0) is 9.59 Å². The highest BCUT2D eigenvalue weighted by atomic mass is 79.9. The molecule has 1 amide bonds. The maximum Gasteiger partial charge on any atom is 0.228 e. The molecule has 1 unspecified atom stereocenters. The molecule has 102 valence electrons. The molecule has 1 saturated heterocycles. The average molecular weight is 347 g/mol. The fraction of sp³-hybridized carbons (Fsp3) is 0.417. The van der Waals surface area contributed by atoms with E-state index in [4.69, 9.17) is 0 Å². The van der Waals surface area contributed by atoms with Crippen LogP contribution in [0.3, 0.4) is 0 Å². The van der Waals surface area contributed by atoms with Gasteiger partial charge in [-0.1, -0.05) is 11.8 Å². The van der Waals surface area contributed by atoms with Gasteiger partial charge < -0.3 is 0 Å². The van der Waals surface area contributed by atoms with E-state index < -0.39 is 5.82 Å². The average Bonchev–Trinajstić information content (AvgIpc) is 2.68. The molecule has 2 heterocycles. The number of nitrogens with zero attached hydrogens (tertiary/aromatic N) is 2. The molecular weight excluding hydrogens is 335 g/mol.